The minimum Gasteiger partial charge on any atom is -0.488 e. The molecule has 0 aromatic heterocycles. The van der Waals surface area contributed by atoms with Crippen LogP contribution in [-0.2, 0) is 11.4 Å². The summed E-state index contributed by atoms with van der Waals surface area (Å²) < 4.78 is 19.8. The zero-order valence-electron chi connectivity index (χ0n) is 17.1. The van der Waals surface area contributed by atoms with E-state index in [1.54, 1.807) is 36.4 Å². The monoisotopic (exact) mass is 478 g/mol. The van der Waals surface area contributed by atoms with E-state index in [0.717, 1.165) is 32.5 Å². The number of carbonyl (C=O) groups is 1. The number of nitrogens with one attached hydrogen (secondary N) is 1. The van der Waals surface area contributed by atoms with Crippen LogP contribution in [0.5, 0.6) is 5.75 Å². The van der Waals surface area contributed by atoms with Gasteiger partial charge in [0, 0.05) is 10.2 Å². The molecule has 0 saturated heterocycles. The summed E-state index contributed by atoms with van der Waals surface area (Å²) in [5.74, 6) is -0.0457. The number of nitrogens with zero attached hydrogens (tertiary/aromatic N) is 1. The van der Waals surface area contributed by atoms with E-state index in [0.29, 0.717) is 12.3 Å². The number of halogens is 2. The number of ether oxygens (including phenoxy) is 1. The van der Waals surface area contributed by atoms with Gasteiger partial charge in [0.1, 0.15) is 29.8 Å². The first kappa shape index (κ1) is 22.3. The Hall–Kier alpha value is -3.43. The predicted molar refractivity (Wildman–Crippen MR) is 123 cm³/mol. The SMILES string of the molecule is Cc1cc(/C=C(\C#N)C(=O)Nc2cccc(Br)c2)cc(C)c1OCc1ccc(F)cc1. The molecule has 0 fully saturated rings. The molecular formula is C25H20BrFN2O2. The first-order valence-corrected chi connectivity index (χ1v) is 10.3. The summed E-state index contributed by atoms with van der Waals surface area (Å²) in [5.41, 5.74) is 3.93. The average molecular weight is 479 g/mol. The molecule has 3 rings (SSSR count). The maximum absolute atomic E-state index is 13.1. The van der Waals surface area contributed by atoms with Crippen LogP contribution in [0.15, 0.2) is 70.7 Å². The Labute approximate surface area is 189 Å². The standard InChI is InChI=1S/C25H20BrFN2O2/c1-16-10-19(11-17(2)24(16)31-15-18-6-8-22(27)9-7-18)12-20(14-28)25(30)29-23-5-3-4-21(26)13-23/h3-13H,15H2,1-2H3,(H,29,30)/b20-12+. The maximum Gasteiger partial charge on any atom is 0.266 e. The highest BCUT2D eigenvalue weighted by atomic mass is 79.9. The Balaban J connectivity index is 1.76. The Morgan fingerprint density at radius 3 is 2.42 bits per heavy atom. The third-order valence-corrected chi connectivity index (χ3v) is 5.03. The van der Waals surface area contributed by atoms with Crippen LogP contribution in [0.3, 0.4) is 0 Å². The van der Waals surface area contributed by atoms with Gasteiger partial charge in [0.2, 0.25) is 0 Å². The fraction of sp³-hybridized carbons (Fsp3) is 0.120. The molecule has 0 atom stereocenters. The van der Waals surface area contributed by atoms with Crippen LogP contribution < -0.4 is 10.1 Å². The predicted octanol–water partition coefficient (Wildman–Crippen LogP) is 6.33. The van der Waals surface area contributed by atoms with E-state index in [2.05, 4.69) is 21.2 Å². The van der Waals surface area contributed by atoms with E-state index in [9.17, 15) is 14.4 Å². The van der Waals surface area contributed by atoms with Crippen molar-refractivity contribution in [2.24, 2.45) is 0 Å². The fourth-order valence-electron chi connectivity index (χ4n) is 3.11. The number of carbonyl (C=O) groups excluding carboxylic acids is 1. The average Bonchev–Trinajstić information content (AvgIpc) is 2.72. The van der Waals surface area contributed by atoms with Crippen molar-refractivity contribution >= 4 is 33.6 Å². The molecular weight excluding hydrogens is 459 g/mol. The number of rotatable bonds is 6. The number of aryl methyl sites for hydroxylation is 2. The molecule has 6 heteroatoms. The van der Waals surface area contributed by atoms with E-state index in [-0.39, 0.29) is 11.4 Å². The summed E-state index contributed by atoms with van der Waals surface area (Å²) >= 11 is 3.35. The van der Waals surface area contributed by atoms with Gasteiger partial charge in [-0.15, -0.1) is 0 Å². The molecule has 1 N–H and O–H groups in total. The van der Waals surface area contributed by atoms with Gasteiger partial charge in [0.25, 0.3) is 5.91 Å². The molecule has 0 radical (unpaired) electrons. The largest absolute Gasteiger partial charge is 0.488 e. The van der Waals surface area contributed by atoms with Crippen LogP contribution in [0.25, 0.3) is 6.08 Å². The second-order valence-corrected chi connectivity index (χ2v) is 7.95. The van der Waals surface area contributed by atoms with Crippen molar-refractivity contribution in [3.8, 4) is 11.8 Å². The Morgan fingerprint density at radius 2 is 1.81 bits per heavy atom. The van der Waals surface area contributed by atoms with E-state index >= 15 is 0 Å². The summed E-state index contributed by atoms with van der Waals surface area (Å²) in [7, 11) is 0. The van der Waals surface area contributed by atoms with Gasteiger partial charge in [-0.1, -0.05) is 34.1 Å². The summed E-state index contributed by atoms with van der Waals surface area (Å²) in [6.07, 6.45) is 1.55. The summed E-state index contributed by atoms with van der Waals surface area (Å²) in [6.45, 7) is 4.12. The van der Waals surface area contributed by atoms with E-state index in [1.165, 1.54) is 12.1 Å². The van der Waals surface area contributed by atoms with Crippen LogP contribution in [0.1, 0.15) is 22.3 Å². The fourth-order valence-corrected chi connectivity index (χ4v) is 3.51. The zero-order valence-corrected chi connectivity index (χ0v) is 18.7. The lowest BCUT2D eigenvalue weighted by molar-refractivity contribution is -0.112. The molecule has 0 aliphatic rings. The minimum absolute atomic E-state index is 0.00115. The van der Waals surface area contributed by atoms with Gasteiger partial charge >= 0.3 is 0 Å². The van der Waals surface area contributed by atoms with Crippen LogP contribution >= 0.6 is 15.9 Å². The van der Waals surface area contributed by atoms with Crippen molar-refractivity contribution < 1.29 is 13.9 Å². The van der Waals surface area contributed by atoms with Gasteiger partial charge < -0.3 is 10.1 Å². The first-order valence-electron chi connectivity index (χ1n) is 9.53. The van der Waals surface area contributed by atoms with Crippen LogP contribution in [0.2, 0.25) is 0 Å². The normalized spacial score (nSPS) is 11.0. The van der Waals surface area contributed by atoms with Gasteiger partial charge in [0.05, 0.1) is 0 Å². The van der Waals surface area contributed by atoms with Crippen LogP contribution in [0.4, 0.5) is 10.1 Å². The van der Waals surface area contributed by atoms with E-state index in [4.69, 9.17) is 4.74 Å². The molecule has 31 heavy (non-hydrogen) atoms. The summed E-state index contributed by atoms with van der Waals surface area (Å²) in [6, 6.07) is 19.0. The third-order valence-electron chi connectivity index (χ3n) is 4.54. The molecule has 0 aliphatic heterocycles. The van der Waals surface area contributed by atoms with Gasteiger partial charge in [0.15, 0.2) is 0 Å². The molecule has 3 aromatic rings. The molecule has 0 unspecified atom stereocenters. The summed E-state index contributed by atoms with van der Waals surface area (Å²) in [5, 5.41) is 12.2. The molecule has 0 aliphatic carbocycles. The topological polar surface area (TPSA) is 62.1 Å². The second kappa shape index (κ2) is 10.1. The molecule has 3 aromatic carbocycles. The zero-order chi connectivity index (χ0) is 22.4. The lowest BCUT2D eigenvalue weighted by atomic mass is 10.0. The Kier molecular flexibility index (Phi) is 7.22. The van der Waals surface area contributed by atoms with Crippen molar-refractivity contribution in [1.82, 2.24) is 0 Å². The number of nitriles is 1. The minimum atomic E-state index is -0.479. The molecule has 0 bridgehead atoms. The quantitative estimate of drug-likeness (QED) is 0.332. The summed E-state index contributed by atoms with van der Waals surface area (Å²) in [4.78, 5) is 12.5. The molecule has 0 saturated carbocycles. The maximum atomic E-state index is 13.1. The highest BCUT2D eigenvalue weighted by molar-refractivity contribution is 9.10. The van der Waals surface area contributed by atoms with Crippen molar-refractivity contribution in [1.29, 1.82) is 5.26 Å². The van der Waals surface area contributed by atoms with Gasteiger partial charge in [-0.2, -0.15) is 5.26 Å². The second-order valence-electron chi connectivity index (χ2n) is 7.03. The smallest absolute Gasteiger partial charge is 0.266 e. The highest BCUT2D eigenvalue weighted by Crippen LogP contribution is 2.27. The molecule has 4 nitrogen and oxygen atoms in total. The van der Waals surface area contributed by atoms with Crippen LogP contribution in [0, 0.1) is 31.0 Å². The molecule has 0 spiro atoms. The number of anilines is 1. The number of hydrogen-bond acceptors (Lipinski definition) is 3. The van der Waals surface area contributed by atoms with Gasteiger partial charge in [-0.05, 0) is 84.6 Å². The Morgan fingerprint density at radius 1 is 1.13 bits per heavy atom. The van der Waals surface area contributed by atoms with Crippen molar-refractivity contribution in [2.45, 2.75) is 20.5 Å². The van der Waals surface area contributed by atoms with Crippen molar-refractivity contribution in [2.75, 3.05) is 5.32 Å². The molecule has 156 valence electrons. The van der Waals surface area contributed by atoms with E-state index in [1.807, 2.05) is 38.1 Å². The van der Waals surface area contributed by atoms with Crippen LogP contribution in [-0.4, -0.2) is 5.91 Å². The lowest BCUT2D eigenvalue weighted by Gasteiger charge is -2.13. The van der Waals surface area contributed by atoms with E-state index < -0.39 is 5.91 Å². The third kappa shape index (κ3) is 6.03. The lowest BCUT2D eigenvalue weighted by Crippen LogP contribution is -2.13. The molecule has 0 heterocycles. The number of benzene rings is 3. The number of hydrogen-bond donors (Lipinski definition) is 1. The Bertz CT molecular complexity index is 1160. The van der Waals surface area contributed by atoms with Crippen molar-refractivity contribution in [3.05, 3.63) is 98.8 Å². The first-order chi connectivity index (χ1) is 14.9. The molecule has 1 amide bonds. The van der Waals surface area contributed by atoms with Crippen molar-refractivity contribution in [3.63, 3.8) is 0 Å². The van der Waals surface area contributed by atoms with Gasteiger partial charge in [-0.3, -0.25) is 4.79 Å². The van der Waals surface area contributed by atoms with Gasteiger partial charge in [-0.25, -0.2) is 4.39 Å². The highest BCUT2D eigenvalue weighted by Gasteiger charge is 2.12. The number of amides is 1.